The second-order valence-electron chi connectivity index (χ2n) is 4.18. The Morgan fingerprint density at radius 2 is 2.40 bits per heavy atom. The molecule has 4 nitrogen and oxygen atoms in total. The predicted molar refractivity (Wildman–Crippen MR) is 57.5 cm³/mol. The molecule has 2 atom stereocenters. The Kier molecular flexibility index (Phi) is 5.65. The van der Waals surface area contributed by atoms with E-state index >= 15 is 0 Å². The molecule has 1 rings (SSSR count). The molecule has 0 aromatic rings. The third-order valence-corrected chi connectivity index (χ3v) is 2.65. The van der Waals surface area contributed by atoms with Crippen molar-refractivity contribution in [2.45, 2.75) is 51.2 Å². The third-order valence-electron chi connectivity index (χ3n) is 2.65. The maximum Gasteiger partial charge on any atom is 0.220 e. The lowest BCUT2D eigenvalue weighted by Gasteiger charge is -2.22. The van der Waals surface area contributed by atoms with Gasteiger partial charge in [0.15, 0.2) is 0 Å². The van der Waals surface area contributed by atoms with Gasteiger partial charge in [0.25, 0.3) is 0 Å². The SMILES string of the molecule is C[C@@H](CO)NC(=O)CCC1CCCCO1. The van der Waals surface area contributed by atoms with E-state index in [4.69, 9.17) is 9.84 Å². The number of carbonyl (C=O) groups excluding carboxylic acids is 1. The van der Waals surface area contributed by atoms with Crippen LogP contribution in [0.25, 0.3) is 0 Å². The molecule has 2 N–H and O–H groups in total. The van der Waals surface area contributed by atoms with Gasteiger partial charge >= 0.3 is 0 Å². The minimum atomic E-state index is -0.148. The second kappa shape index (κ2) is 6.80. The molecule has 1 unspecified atom stereocenters. The molecule has 0 spiro atoms. The van der Waals surface area contributed by atoms with E-state index in [-0.39, 0.29) is 24.7 Å². The fraction of sp³-hybridized carbons (Fsp3) is 0.909. The van der Waals surface area contributed by atoms with Gasteiger partial charge in [0.2, 0.25) is 5.91 Å². The highest BCUT2D eigenvalue weighted by molar-refractivity contribution is 5.76. The Labute approximate surface area is 91.0 Å². The molecule has 0 saturated carbocycles. The highest BCUT2D eigenvalue weighted by atomic mass is 16.5. The van der Waals surface area contributed by atoms with Gasteiger partial charge in [-0.05, 0) is 32.6 Å². The summed E-state index contributed by atoms with van der Waals surface area (Å²) in [6.07, 6.45) is 4.97. The maximum atomic E-state index is 11.4. The lowest BCUT2D eigenvalue weighted by Crippen LogP contribution is -2.35. The number of rotatable bonds is 5. The molecule has 0 aliphatic carbocycles. The van der Waals surface area contributed by atoms with Gasteiger partial charge in [0.1, 0.15) is 0 Å². The van der Waals surface area contributed by atoms with E-state index in [9.17, 15) is 4.79 Å². The molecule has 1 fully saturated rings. The lowest BCUT2D eigenvalue weighted by atomic mass is 10.0. The first-order chi connectivity index (χ1) is 7.22. The van der Waals surface area contributed by atoms with Crippen LogP contribution in [0.1, 0.15) is 39.0 Å². The number of aliphatic hydroxyl groups is 1. The highest BCUT2D eigenvalue weighted by Crippen LogP contribution is 2.16. The lowest BCUT2D eigenvalue weighted by molar-refractivity contribution is -0.123. The molecule has 1 aliphatic rings. The van der Waals surface area contributed by atoms with E-state index in [1.807, 2.05) is 0 Å². The van der Waals surface area contributed by atoms with Crippen LogP contribution in [0.5, 0.6) is 0 Å². The minimum Gasteiger partial charge on any atom is -0.394 e. The summed E-state index contributed by atoms with van der Waals surface area (Å²) in [6, 6.07) is -0.148. The first-order valence-electron chi connectivity index (χ1n) is 5.74. The zero-order valence-electron chi connectivity index (χ0n) is 9.37. The van der Waals surface area contributed by atoms with Gasteiger partial charge in [-0.25, -0.2) is 0 Å². The average molecular weight is 215 g/mol. The summed E-state index contributed by atoms with van der Waals surface area (Å²) in [6.45, 7) is 2.61. The normalized spacial score (nSPS) is 23.5. The molecule has 1 aliphatic heterocycles. The van der Waals surface area contributed by atoms with Crippen LogP contribution in [0.15, 0.2) is 0 Å². The van der Waals surface area contributed by atoms with Crippen molar-refractivity contribution in [3.63, 3.8) is 0 Å². The molecule has 0 aromatic carbocycles. The standard InChI is InChI=1S/C11H21NO3/c1-9(8-13)12-11(14)6-5-10-4-2-3-7-15-10/h9-10,13H,2-8H2,1H3,(H,12,14)/t9-,10?/m0/s1. The fourth-order valence-electron chi connectivity index (χ4n) is 1.72. The molecule has 88 valence electrons. The molecule has 4 heteroatoms. The average Bonchev–Trinajstić information content (AvgIpc) is 2.27. The Balaban J connectivity index is 2.10. The van der Waals surface area contributed by atoms with Gasteiger partial charge < -0.3 is 15.2 Å². The van der Waals surface area contributed by atoms with E-state index in [2.05, 4.69) is 5.32 Å². The summed E-state index contributed by atoms with van der Waals surface area (Å²) in [5, 5.41) is 11.5. The van der Waals surface area contributed by atoms with E-state index in [1.165, 1.54) is 6.42 Å². The zero-order valence-corrected chi connectivity index (χ0v) is 9.37. The fourth-order valence-corrected chi connectivity index (χ4v) is 1.72. The molecule has 0 radical (unpaired) electrons. The highest BCUT2D eigenvalue weighted by Gasteiger charge is 2.15. The monoisotopic (exact) mass is 215 g/mol. The van der Waals surface area contributed by atoms with Crippen molar-refractivity contribution in [1.82, 2.24) is 5.32 Å². The maximum absolute atomic E-state index is 11.4. The summed E-state index contributed by atoms with van der Waals surface area (Å²) >= 11 is 0. The molecule has 0 aromatic heterocycles. The van der Waals surface area contributed by atoms with Crippen molar-refractivity contribution >= 4 is 5.91 Å². The topological polar surface area (TPSA) is 58.6 Å². The summed E-state index contributed by atoms with van der Waals surface area (Å²) < 4.78 is 5.53. The summed E-state index contributed by atoms with van der Waals surface area (Å²) in [5.74, 6) is 0.00530. The first-order valence-corrected chi connectivity index (χ1v) is 5.74. The Morgan fingerprint density at radius 3 is 3.00 bits per heavy atom. The van der Waals surface area contributed by atoms with Crippen LogP contribution in [0.3, 0.4) is 0 Å². The first kappa shape index (κ1) is 12.5. The minimum absolute atomic E-state index is 0.00530. The number of ether oxygens (including phenoxy) is 1. The molecule has 1 saturated heterocycles. The van der Waals surface area contributed by atoms with Crippen molar-refractivity contribution in [2.75, 3.05) is 13.2 Å². The summed E-state index contributed by atoms with van der Waals surface area (Å²) in [4.78, 5) is 11.4. The number of carbonyl (C=O) groups is 1. The third kappa shape index (κ3) is 5.14. The van der Waals surface area contributed by atoms with Crippen LogP contribution >= 0.6 is 0 Å². The number of hydrogen-bond acceptors (Lipinski definition) is 3. The van der Waals surface area contributed by atoms with Crippen molar-refractivity contribution in [1.29, 1.82) is 0 Å². The van der Waals surface area contributed by atoms with Gasteiger partial charge in [0.05, 0.1) is 12.7 Å². The Morgan fingerprint density at radius 1 is 1.60 bits per heavy atom. The number of nitrogens with one attached hydrogen (secondary N) is 1. The van der Waals surface area contributed by atoms with Crippen LogP contribution in [0, 0.1) is 0 Å². The largest absolute Gasteiger partial charge is 0.394 e. The Bertz CT molecular complexity index is 190. The van der Waals surface area contributed by atoms with Crippen LogP contribution in [0.2, 0.25) is 0 Å². The van der Waals surface area contributed by atoms with Crippen LogP contribution in [-0.2, 0) is 9.53 Å². The summed E-state index contributed by atoms with van der Waals surface area (Å²) in [7, 11) is 0. The van der Waals surface area contributed by atoms with Gasteiger partial charge in [-0.1, -0.05) is 0 Å². The van der Waals surface area contributed by atoms with Crippen LogP contribution < -0.4 is 5.32 Å². The number of aliphatic hydroxyl groups excluding tert-OH is 1. The summed E-state index contributed by atoms with van der Waals surface area (Å²) in [5.41, 5.74) is 0. The predicted octanol–water partition coefficient (Wildman–Crippen LogP) is 0.833. The molecular formula is C11H21NO3. The van der Waals surface area contributed by atoms with E-state index < -0.39 is 0 Å². The smallest absolute Gasteiger partial charge is 0.220 e. The van der Waals surface area contributed by atoms with Crippen LogP contribution in [-0.4, -0.2) is 36.4 Å². The van der Waals surface area contributed by atoms with Gasteiger partial charge in [-0.3, -0.25) is 4.79 Å². The van der Waals surface area contributed by atoms with Crippen molar-refractivity contribution in [2.24, 2.45) is 0 Å². The number of amides is 1. The van der Waals surface area contributed by atoms with Gasteiger partial charge in [-0.15, -0.1) is 0 Å². The molecule has 0 bridgehead atoms. The van der Waals surface area contributed by atoms with E-state index in [0.717, 1.165) is 25.9 Å². The quantitative estimate of drug-likeness (QED) is 0.714. The number of hydrogen-bond donors (Lipinski definition) is 2. The molecule has 1 heterocycles. The van der Waals surface area contributed by atoms with Gasteiger partial charge in [0, 0.05) is 19.1 Å². The van der Waals surface area contributed by atoms with Crippen LogP contribution in [0.4, 0.5) is 0 Å². The van der Waals surface area contributed by atoms with E-state index in [1.54, 1.807) is 6.92 Å². The molecular weight excluding hydrogens is 194 g/mol. The van der Waals surface area contributed by atoms with E-state index in [0.29, 0.717) is 6.42 Å². The second-order valence-corrected chi connectivity index (χ2v) is 4.18. The Hall–Kier alpha value is -0.610. The van der Waals surface area contributed by atoms with Crippen molar-refractivity contribution in [3.05, 3.63) is 0 Å². The van der Waals surface area contributed by atoms with Crippen molar-refractivity contribution < 1.29 is 14.6 Å². The molecule has 1 amide bonds. The van der Waals surface area contributed by atoms with Gasteiger partial charge in [-0.2, -0.15) is 0 Å². The molecule has 15 heavy (non-hydrogen) atoms. The van der Waals surface area contributed by atoms with Crippen molar-refractivity contribution in [3.8, 4) is 0 Å². The zero-order chi connectivity index (χ0) is 11.1.